The summed E-state index contributed by atoms with van der Waals surface area (Å²) in [6, 6.07) is 0. The molecule has 0 amide bonds. The Kier molecular flexibility index (Phi) is 4.38. The zero-order valence-corrected chi connectivity index (χ0v) is 7.93. The van der Waals surface area contributed by atoms with Crippen LogP contribution in [0.5, 0.6) is 0 Å². The van der Waals surface area contributed by atoms with Gasteiger partial charge in [-0.15, -0.1) is 5.92 Å². The minimum absolute atomic E-state index is 0.249. The Hall–Kier alpha value is -1.01. The Morgan fingerprint density at radius 2 is 2.08 bits per heavy atom. The molecule has 0 aromatic heterocycles. The van der Waals surface area contributed by atoms with Gasteiger partial charge in [-0.1, -0.05) is 5.92 Å². The zero-order valence-electron chi connectivity index (χ0n) is 7.93. The lowest BCUT2D eigenvalue weighted by Gasteiger charge is -2.20. The number of esters is 1. The van der Waals surface area contributed by atoms with Crippen molar-refractivity contribution in [2.45, 2.75) is 26.4 Å². The maximum Gasteiger partial charge on any atom is 0.337 e. The second-order valence-electron chi connectivity index (χ2n) is 2.72. The van der Waals surface area contributed by atoms with Crippen LogP contribution in [-0.4, -0.2) is 25.3 Å². The van der Waals surface area contributed by atoms with Gasteiger partial charge in [0, 0.05) is 0 Å². The molecule has 3 nitrogen and oxygen atoms in total. The molecule has 12 heavy (non-hydrogen) atoms. The molecule has 0 atom stereocenters. The van der Waals surface area contributed by atoms with Crippen molar-refractivity contribution in [2.24, 2.45) is 0 Å². The van der Waals surface area contributed by atoms with Crippen LogP contribution in [0.2, 0.25) is 0 Å². The third kappa shape index (κ3) is 3.40. The number of methoxy groups -OCH3 is 1. The maximum absolute atomic E-state index is 11.0. The van der Waals surface area contributed by atoms with E-state index in [0.717, 1.165) is 0 Å². The van der Waals surface area contributed by atoms with E-state index < -0.39 is 5.60 Å². The number of ether oxygens (including phenoxy) is 2. The van der Waals surface area contributed by atoms with E-state index in [1.807, 2.05) is 0 Å². The monoisotopic (exact) mass is 170 g/mol. The zero-order chi connectivity index (χ0) is 9.61. The third-order valence-corrected chi connectivity index (χ3v) is 1.36. The Morgan fingerprint density at radius 3 is 2.50 bits per heavy atom. The van der Waals surface area contributed by atoms with Crippen molar-refractivity contribution >= 4 is 5.97 Å². The average Bonchev–Trinajstić information content (AvgIpc) is 2.03. The summed E-state index contributed by atoms with van der Waals surface area (Å²) >= 11 is 0. The second kappa shape index (κ2) is 4.78. The van der Waals surface area contributed by atoms with Crippen LogP contribution in [0.15, 0.2) is 0 Å². The first kappa shape index (κ1) is 11.0. The molecule has 0 saturated carbocycles. The van der Waals surface area contributed by atoms with E-state index in [9.17, 15) is 4.79 Å². The van der Waals surface area contributed by atoms with Crippen LogP contribution in [0.1, 0.15) is 20.8 Å². The number of rotatable bonds is 3. The summed E-state index contributed by atoms with van der Waals surface area (Å²) in [6.07, 6.45) is 0. The summed E-state index contributed by atoms with van der Waals surface area (Å²) in [5, 5.41) is 0. The van der Waals surface area contributed by atoms with E-state index in [4.69, 9.17) is 4.74 Å². The molecule has 0 aromatic rings. The van der Waals surface area contributed by atoms with Crippen LogP contribution in [0.4, 0.5) is 0 Å². The van der Waals surface area contributed by atoms with Gasteiger partial charge in [0.25, 0.3) is 0 Å². The molecule has 0 unspecified atom stereocenters. The van der Waals surface area contributed by atoms with Crippen LogP contribution in [0.3, 0.4) is 0 Å². The van der Waals surface area contributed by atoms with Gasteiger partial charge in [-0.2, -0.15) is 0 Å². The van der Waals surface area contributed by atoms with Crippen molar-refractivity contribution in [1.29, 1.82) is 0 Å². The summed E-state index contributed by atoms with van der Waals surface area (Å²) in [4.78, 5) is 11.0. The predicted octanol–water partition coefficient (Wildman–Crippen LogP) is 0.978. The predicted molar refractivity (Wildman–Crippen MR) is 45.5 cm³/mol. The van der Waals surface area contributed by atoms with Crippen LogP contribution in [-0.2, 0) is 14.3 Å². The molecule has 0 aromatic carbocycles. The summed E-state index contributed by atoms with van der Waals surface area (Å²) in [5.74, 6) is 4.98. The summed E-state index contributed by atoms with van der Waals surface area (Å²) < 4.78 is 9.71. The fourth-order valence-electron chi connectivity index (χ4n) is 0.593. The lowest BCUT2D eigenvalue weighted by atomic mass is 10.1. The van der Waals surface area contributed by atoms with Crippen LogP contribution in [0, 0.1) is 11.8 Å². The van der Waals surface area contributed by atoms with E-state index in [-0.39, 0.29) is 12.6 Å². The van der Waals surface area contributed by atoms with Crippen LogP contribution in [0.25, 0.3) is 0 Å². The van der Waals surface area contributed by atoms with Crippen molar-refractivity contribution in [3.05, 3.63) is 0 Å². The van der Waals surface area contributed by atoms with E-state index in [0.29, 0.717) is 0 Å². The molecule has 0 spiro atoms. The van der Waals surface area contributed by atoms with Crippen molar-refractivity contribution in [3.8, 4) is 11.8 Å². The van der Waals surface area contributed by atoms with Gasteiger partial charge < -0.3 is 9.47 Å². The highest BCUT2D eigenvalue weighted by molar-refractivity contribution is 5.78. The minimum atomic E-state index is -0.904. The van der Waals surface area contributed by atoms with Gasteiger partial charge in [0.15, 0.2) is 5.60 Å². The van der Waals surface area contributed by atoms with E-state index in [1.54, 1.807) is 20.8 Å². The Labute approximate surface area is 73.0 Å². The first-order chi connectivity index (χ1) is 5.54. The smallest absolute Gasteiger partial charge is 0.337 e. The van der Waals surface area contributed by atoms with Gasteiger partial charge in [0.05, 0.1) is 7.11 Å². The highest BCUT2D eigenvalue weighted by Crippen LogP contribution is 2.10. The quantitative estimate of drug-likeness (QED) is 0.468. The van der Waals surface area contributed by atoms with E-state index in [2.05, 4.69) is 16.6 Å². The average molecular weight is 170 g/mol. The SMILES string of the molecule is CC#CCOC(C)(C)C(=O)OC. The van der Waals surface area contributed by atoms with Crippen molar-refractivity contribution in [2.75, 3.05) is 13.7 Å². The molecule has 0 rings (SSSR count). The molecular formula is C9H14O3. The lowest BCUT2D eigenvalue weighted by Crippen LogP contribution is -2.36. The third-order valence-electron chi connectivity index (χ3n) is 1.36. The van der Waals surface area contributed by atoms with Gasteiger partial charge in [-0.3, -0.25) is 0 Å². The van der Waals surface area contributed by atoms with E-state index >= 15 is 0 Å². The van der Waals surface area contributed by atoms with Gasteiger partial charge >= 0.3 is 5.97 Å². The van der Waals surface area contributed by atoms with Gasteiger partial charge in [0.1, 0.15) is 6.61 Å². The van der Waals surface area contributed by atoms with Crippen molar-refractivity contribution in [3.63, 3.8) is 0 Å². The number of carbonyl (C=O) groups is 1. The number of carbonyl (C=O) groups excluding carboxylic acids is 1. The largest absolute Gasteiger partial charge is 0.467 e. The summed E-state index contributed by atoms with van der Waals surface area (Å²) in [7, 11) is 1.33. The van der Waals surface area contributed by atoms with Gasteiger partial charge in [0.2, 0.25) is 0 Å². The molecule has 0 bridgehead atoms. The van der Waals surface area contributed by atoms with Crippen molar-refractivity contribution < 1.29 is 14.3 Å². The highest BCUT2D eigenvalue weighted by Gasteiger charge is 2.28. The minimum Gasteiger partial charge on any atom is -0.467 e. The van der Waals surface area contributed by atoms with Gasteiger partial charge in [-0.25, -0.2) is 4.79 Å². The molecule has 0 aliphatic carbocycles. The topological polar surface area (TPSA) is 35.5 Å². The fraction of sp³-hybridized carbons (Fsp3) is 0.667. The fourth-order valence-corrected chi connectivity index (χ4v) is 0.593. The Balaban J connectivity index is 4.00. The molecule has 0 aliphatic rings. The van der Waals surface area contributed by atoms with Crippen LogP contribution >= 0.6 is 0 Å². The molecule has 0 fully saturated rings. The Bertz CT molecular complexity index is 208. The molecule has 0 saturated heterocycles. The molecule has 0 aliphatic heterocycles. The van der Waals surface area contributed by atoms with Gasteiger partial charge in [-0.05, 0) is 20.8 Å². The molecule has 0 heterocycles. The Morgan fingerprint density at radius 1 is 1.50 bits per heavy atom. The molecule has 0 radical (unpaired) electrons. The number of hydrogen-bond donors (Lipinski definition) is 0. The summed E-state index contributed by atoms with van der Waals surface area (Å²) in [6.45, 7) is 5.26. The normalized spacial score (nSPS) is 10.0. The van der Waals surface area contributed by atoms with Crippen LogP contribution < -0.4 is 0 Å². The molecule has 0 N–H and O–H groups in total. The molecular weight excluding hydrogens is 156 g/mol. The molecule has 3 heteroatoms. The van der Waals surface area contributed by atoms with Crippen molar-refractivity contribution in [1.82, 2.24) is 0 Å². The second-order valence-corrected chi connectivity index (χ2v) is 2.72. The first-order valence-corrected chi connectivity index (χ1v) is 3.66. The highest BCUT2D eigenvalue weighted by atomic mass is 16.6. The summed E-state index contributed by atoms with van der Waals surface area (Å²) in [5.41, 5.74) is -0.904. The van der Waals surface area contributed by atoms with E-state index in [1.165, 1.54) is 7.11 Å². The standard InChI is InChI=1S/C9H14O3/c1-5-6-7-12-9(2,3)8(10)11-4/h7H2,1-4H3. The molecule has 68 valence electrons. The maximum atomic E-state index is 11.0. The lowest BCUT2D eigenvalue weighted by molar-refractivity contribution is -0.163. The number of hydrogen-bond acceptors (Lipinski definition) is 3. The first-order valence-electron chi connectivity index (χ1n) is 3.66.